The van der Waals surface area contributed by atoms with Gasteiger partial charge in [0.1, 0.15) is 10.7 Å². The van der Waals surface area contributed by atoms with E-state index in [0.29, 0.717) is 16.7 Å². The minimum atomic E-state index is -3.88. The van der Waals surface area contributed by atoms with Gasteiger partial charge in [0.25, 0.3) is 10.0 Å². The Morgan fingerprint density at radius 3 is 2.57 bits per heavy atom. The minimum Gasteiger partial charge on any atom is -0.384 e. The van der Waals surface area contributed by atoms with Crippen LogP contribution < -0.4 is 10.0 Å². The van der Waals surface area contributed by atoms with Crippen molar-refractivity contribution in [2.45, 2.75) is 11.8 Å². The lowest BCUT2D eigenvalue weighted by Gasteiger charge is -2.13. The van der Waals surface area contributed by atoms with Gasteiger partial charge in [-0.15, -0.1) is 0 Å². The molecule has 0 unspecified atom stereocenters. The van der Waals surface area contributed by atoms with Gasteiger partial charge in [0.15, 0.2) is 0 Å². The first-order valence-corrected chi connectivity index (χ1v) is 8.52. The average Bonchev–Trinajstić information content (AvgIpc) is 2.43. The summed E-state index contributed by atoms with van der Waals surface area (Å²) in [7, 11) is -3.88. The van der Waals surface area contributed by atoms with E-state index in [-0.39, 0.29) is 10.6 Å². The molecular weight excluding hydrogens is 359 g/mol. The lowest BCUT2D eigenvalue weighted by molar-refractivity contribution is 0.598. The van der Waals surface area contributed by atoms with E-state index >= 15 is 0 Å². The molecule has 2 aromatic carbocycles. The molecule has 0 bridgehead atoms. The van der Waals surface area contributed by atoms with Gasteiger partial charge in [-0.05, 0) is 37.3 Å². The van der Waals surface area contributed by atoms with Crippen LogP contribution >= 0.6 is 15.9 Å². The van der Waals surface area contributed by atoms with Crippen LogP contribution in [0.15, 0.2) is 51.8 Å². The third kappa shape index (κ3) is 3.74. The van der Waals surface area contributed by atoms with Crippen LogP contribution in [0.4, 0.5) is 15.8 Å². The van der Waals surface area contributed by atoms with Crippen molar-refractivity contribution < 1.29 is 12.8 Å². The van der Waals surface area contributed by atoms with Gasteiger partial charge >= 0.3 is 0 Å². The predicted octanol–water partition coefficient (Wildman–Crippen LogP) is 3.82. The van der Waals surface area contributed by atoms with E-state index < -0.39 is 15.8 Å². The van der Waals surface area contributed by atoms with Gasteiger partial charge in [-0.3, -0.25) is 4.72 Å². The first-order valence-electron chi connectivity index (χ1n) is 6.25. The van der Waals surface area contributed by atoms with Crippen LogP contribution in [0.5, 0.6) is 0 Å². The van der Waals surface area contributed by atoms with Gasteiger partial charge in [-0.1, -0.05) is 28.1 Å². The summed E-state index contributed by atoms with van der Waals surface area (Å²) >= 11 is 3.19. The second kappa shape index (κ2) is 6.44. The Balaban J connectivity index is 2.41. The summed E-state index contributed by atoms with van der Waals surface area (Å²) in [5.74, 6) is -0.636. The Morgan fingerprint density at radius 2 is 1.86 bits per heavy atom. The van der Waals surface area contributed by atoms with Crippen LogP contribution in [0.25, 0.3) is 0 Å². The van der Waals surface area contributed by atoms with Gasteiger partial charge < -0.3 is 5.32 Å². The lowest BCUT2D eigenvalue weighted by Crippen LogP contribution is -2.16. The predicted molar refractivity (Wildman–Crippen MR) is 85.5 cm³/mol. The highest BCUT2D eigenvalue weighted by atomic mass is 79.9. The molecule has 0 heterocycles. The molecular formula is C14H14BrFN2O2S. The minimum absolute atomic E-state index is 0.0752. The van der Waals surface area contributed by atoms with Gasteiger partial charge in [0, 0.05) is 11.0 Å². The maximum absolute atomic E-state index is 13.7. The Hall–Kier alpha value is -1.60. The van der Waals surface area contributed by atoms with Gasteiger partial charge in [0.2, 0.25) is 0 Å². The zero-order valence-electron chi connectivity index (χ0n) is 11.2. The summed E-state index contributed by atoms with van der Waals surface area (Å²) < 4.78 is 41.4. The van der Waals surface area contributed by atoms with Crippen LogP contribution in [-0.4, -0.2) is 15.0 Å². The number of hydrogen-bond donors (Lipinski definition) is 2. The number of halogens is 2. The fourth-order valence-electron chi connectivity index (χ4n) is 1.81. The normalized spacial score (nSPS) is 11.2. The fourth-order valence-corrected chi connectivity index (χ4v) is 3.42. The molecule has 112 valence electrons. The zero-order valence-corrected chi connectivity index (χ0v) is 13.6. The maximum Gasteiger partial charge on any atom is 0.264 e. The van der Waals surface area contributed by atoms with Crippen LogP contribution in [0.2, 0.25) is 0 Å². The first kappa shape index (κ1) is 15.8. The highest BCUT2D eigenvalue weighted by molar-refractivity contribution is 9.10. The van der Waals surface area contributed by atoms with Gasteiger partial charge in [0.05, 0.1) is 11.4 Å². The number of benzene rings is 2. The van der Waals surface area contributed by atoms with Crippen molar-refractivity contribution in [1.29, 1.82) is 0 Å². The quantitative estimate of drug-likeness (QED) is 0.838. The van der Waals surface area contributed by atoms with Crippen molar-refractivity contribution in [2.24, 2.45) is 0 Å². The SMILES string of the molecule is CCNc1ccccc1S(=O)(=O)Nc1cc(Br)ccc1F. The molecule has 0 amide bonds. The van der Waals surface area contributed by atoms with Crippen LogP contribution in [0, 0.1) is 5.82 Å². The monoisotopic (exact) mass is 372 g/mol. The molecule has 21 heavy (non-hydrogen) atoms. The summed E-state index contributed by atoms with van der Waals surface area (Å²) in [6.45, 7) is 2.45. The highest BCUT2D eigenvalue weighted by Gasteiger charge is 2.19. The van der Waals surface area contributed by atoms with Crippen molar-refractivity contribution in [1.82, 2.24) is 0 Å². The van der Waals surface area contributed by atoms with Gasteiger partial charge in [-0.2, -0.15) is 0 Å². The molecule has 0 atom stereocenters. The first-order chi connectivity index (χ1) is 9.94. The largest absolute Gasteiger partial charge is 0.384 e. The van der Waals surface area contributed by atoms with Gasteiger partial charge in [-0.25, -0.2) is 12.8 Å². The standard InChI is InChI=1S/C14H14BrFN2O2S/c1-2-17-12-5-3-4-6-14(12)21(19,20)18-13-9-10(15)7-8-11(13)16/h3-9,17-18H,2H2,1H3. The molecule has 7 heteroatoms. The van der Waals surface area contributed by atoms with Crippen molar-refractivity contribution in [3.05, 3.63) is 52.8 Å². The third-order valence-corrected chi connectivity index (χ3v) is 4.63. The number of anilines is 2. The molecule has 0 aromatic heterocycles. The van der Waals surface area contributed by atoms with Crippen molar-refractivity contribution in [2.75, 3.05) is 16.6 Å². The summed E-state index contributed by atoms with van der Waals surface area (Å²) in [4.78, 5) is 0.0752. The highest BCUT2D eigenvalue weighted by Crippen LogP contribution is 2.26. The molecule has 0 aliphatic carbocycles. The summed E-state index contributed by atoms with van der Waals surface area (Å²) in [6.07, 6.45) is 0. The Labute approximate surface area is 131 Å². The van der Waals surface area contributed by atoms with E-state index in [1.807, 2.05) is 6.92 Å². The zero-order chi connectivity index (χ0) is 15.5. The maximum atomic E-state index is 13.7. The molecule has 0 fully saturated rings. The molecule has 0 radical (unpaired) electrons. The number of sulfonamides is 1. The lowest BCUT2D eigenvalue weighted by atomic mass is 10.3. The Bertz CT molecular complexity index is 750. The van der Waals surface area contributed by atoms with E-state index in [0.717, 1.165) is 0 Å². The van der Waals surface area contributed by atoms with E-state index in [1.165, 1.54) is 24.3 Å². The van der Waals surface area contributed by atoms with Crippen LogP contribution in [0.1, 0.15) is 6.92 Å². The Morgan fingerprint density at radius 1 is 1.14 bits per heavy atom. The van der Waals surface area contributed by atoms with E-state index in [2.05, 4.69) is 26.0 Å². The summed E-state index contributed by atoms with van der Waals surface area (Å²) in [5.41, 5.74) is 0.374. The molecule has 0 saturated carbocycles. The molecule has 2 rings (SSSR count). The second-order valence-electron chi connectivity index (χ2n) is 4.26. The smallest absolute Gasteiger partial charge is 0.264 e. The number of nitrogens with one attached hydrogen (secondary N) is 2. The average molecular weight is 373 g/mol. The topological polar surface area (TPSA) is 58.2 Å². The molecule has 4 nitrogen and oxygen atoms in total. The Kier molecular flexibility index (Phi) is 4.84. The van der Waals surface area contributed by atoms with Crippen LogP contribution in [-0.2, 0) is 10.0 Å². The molecule has 2 aromatic rings. The van der Waals surface area contributed by atoms with Crippen molar-refractivity contribution in [3.8, 4) is 0 Å². The van der Waals surface area contributed by atoms with Crippen molar-refractivity contribution in [3.63, 3.8) is 0 Å². The van der Waals surface area contributed by atoms with E-state index in [1.54, 1.807) is 18.2 Å². The number of rotatable bonds is 5. The molecule has 0 saturated heterocycles. The van der Waals surface area contributed by atoms with E-state index in [9.17, 15) is 12.8 Å². The number of hydrogen-bond acceptors (Lipinski definition) is 3. The number of para-hydroxylation sites is 1. The fraction of sp³-hybridized carbons (Fsp3) is 0.143. The molecule has 0 aliphatic rings. The molecule has 0 aliphatic heterocycles. The molecule has 2 N–H and O–H groups in total. The molecule has 0 spiro atoms. The summed E-state index contributed by atoms with van der Waals surface area (Å²) in [6, 6.07) is 10.6. The third-order valence-electron chi connectivity index (χ3n) is 2.72. The van der Waals surface area contributed by atoms with E-state index in [4.69, 9.17) is 0 Å². The second-order valence-corrected chi connectivity index (χ2v) is 6.82. The summed E-state index contributed by atoms with van der Waals surface area (Å²) in [5, 5.41) is 2.97. The van der Waals surface area contributed by atoms with Crippen LogP contribution in [0.3, 0.4) is 0 Å². The van der Waals surface area contributed by atoms with Crippen molar-refractivity contribution >= 4 is 37.3 Å².